The lowest BCUT2D eigenvalue weighted by Crippen LogP contribution is -2.23. The number of aromatic nitrogens is 6. The lowest BCUT2D eigenvalue weighted by Gasteiger charge is -2.10. The van der Waals surface area contributed by atoms with Crippen LogP contribution < -0.4 is 16.6 Å². The number of rotatable bonds is 7. The van der Waals surface area contributed by atoms with E-state index >= 15 is 0 Å². The fourth-order valence-corrected chi connectivity index (χ4v) is 5.39. The van der Waals surface area contributed by atoms with E-state index in [1.165, 1.54) is 29.2 Å². The SMILES string of the molecule is Cc1ccc2nc(NC(=O)CSc3nnc(Cc4cc(=O)[nH]c(=O)[nH]4)n3-c3ccc(Cl)cc3)sc2c1. The molecule has 0 spiro atoms. The summed E-state index contributed by atoms with van der Waals surface area (Å²) in [6, 6.07) is 14.3. The number of nitrogens with one attached hydrogen (secondary N) is 3. The van der Waals surface area contributed by atoms with E-state index in [0.29, 0.717) is 26.8 Å². The van der Waals surface area contributed by atoms with Gasteiger partial charge in [-0.1, -0.05) is 40.8 Å². The minimum Gasteiger partial charge on any atom is -0.311 e. The van der Waals surface area contributed by atoms with Crippen molar-refractivity contribution in [3.63, 3.8) is 0 Å². The van der Waals surface area contributed by atoms with E-state index in [2.05, 4.69) is 30.5 Å². The van der Waals surface area contributed by atoms with E-state index in [4.69, 9.17) is 11.6 Å². The number of amides is 1. The predicted molar refractivity (Wildman–Crippen MR) is 141 cm³/mol. The average Bonchev–Trinajstić information content (AvgIpc) is 3.40. The van der Waals surface area contributed by atoms with Crippen LogP contribution in [0.2, 0.25) is 5.02 Å². The Morgan fingerprint density at radius 1 is 1.11 bits per heavy atom. The first kappa shape index (κ1) is 24.0. The van der Waals surface area contributed by atoms with Crippen LogP contribution in [0, 0.1) is 6.92 Å². The molecule has 3 heterocycles. The van der Waals surface area contributed by atoms with Crippen LogP contribution in [0.4, 0.5) is 5.13 Å². The highest BCUT2D eigenvalue weighted by atomic mass is 35.5. The molecule has 0 saturated carbocycles. The molecular formula is C23H18ClN7O3S2. The monoisotopic (exact) mass is 539 g/mol. The Bertz CT molecular complexity index is 1660. The van der Waals surface area contributed by atoms with Crippen molar-refractivity contribution >= 4 is 56.0 Å². The van der Waals surface area contributed by atoms with Gasteiger partial charge in [0.25, 0.3) is 5.56 Å². The molecule has 0 aliphatic heterocycles. The van der Waals surface area contributed by atoms with Gasteiger partial charge in [0.05, 0.1) is 16.0 Å². The van der Waals surface area contributed by atoms with Gasteiger partial charge in [0.15, 0.2) is 10.3 Å². The molecule has 0 saturated heterocycles. The van der Waals surface area contributed by atoms with Crippen LogP contribution in [0.1, 0.15) is 17.1 Å². The number of hydrogen-bond acceptors (Lipinski definition) is 8. The summed E-state index contributed by atoms with van der Waals surface area (Å²) in [7, 11) is 0. The first-order chi connectivity index (χ1) is 17.3. The Kier molecular flexibility index (Phi) is 6.72. The van der Waals surface area contributed by atoms with Crippen molar-refractivity contribution in [3.8, 4) is 5.69 Å². The number of fused-ring (bicyclic) bond motifs is 1. The Morgan fingerprint density at radius 3 is 2.69 bits per heavy atom. The fourth-order valence-electron chi connectivity index (χ4n) is 3.51. The number of anilines is 1. The van der Waals surface area contributed by atoms with Crippen LogP contribution in [-0.4, -0.2) is 41.4 Å². The lowest BCUT2D eigenvalue weighted by atomic mass is 10.2. The van der Waals surface area contributed by atoms with Crippen LogP contribution in [0.5, 0.6) is 0 Å². The van der Waals surface area contributed by atoms with Crippen LogP contribution in [0.15, 0.2) is 63.3 Å². The van der Waals surface area contributed by atoms with Gasteiger partial charge in [-0.2, -0.15) is 0 Å². The summed E-state index contributed by atoms with van der Waals surface area (Å²) in [4.78, 5) is 45.3. The zero-order valence-corrected chi connectivity index (χ0v) is 21.1. The molecule has 0 unspecified atom stereocenters. The molecule has 3 aromatic heterocycles. The van der Waals surface area contributed by atoms with Crippen molar-refractivity contribution in [3.05, 3.63) is 91.5 Å². The second kappa shape index (κ2) is 10.1. The topological polar surface area (TPSA) is 138 Å². The van der Waals surface area contributed by atoms with Crippen molar-refractivity contribution in [1.82, 2.24) is 29.7 Å². The number of nitrogens with zero attached hydrogens (tertiary/aromatic N) is 4. The summed E-state index contributed by atoms with van der Waals surface area (Å²) < 4.78 is 2.76. The van der Waals surface area contributed by atoms with E-state index in [0.717, 1.165) is 21.5 Å². The van der Waals surface area contributed by atoms with Gasteiger partial charge >= 0.3 is 5.69 Å². The summed E-state index contributed by atoms with van der Waals surface area (Å²) >= 11 is 8.67. The third-order valence-corrected chi connectivity index (χ3v) is 7.19. The molecule has 5 aromatic rings. The van der Waals surface area contributed by atoms with Crippen LogP contribution in [-0.2, 0) is 11.2 Å². The number of aryl methyl sites for hydroxylation is 1. The van der Waals surface area contributed by atoms with Crippen LogP contribution >= 0.6 is 34.7 Å². The average molecular weight is 540 g/mol. The maximum atomic E-state index is 12.7. The van der Waals surface area contributed by atoms with Gasteiger partial charge in [-0.15, -0.1) is 10.2 Å². The zero-order chi connectivity index (χ0) is 25.2. The number of carbonyl (C=O) groups is 1. The number of hydrogen-bond donors (Lipinski definition) is 3. The molecular weight excluding hydrogens is 522 g/mol. The molecule has 0 radical (unpaired) electrons. The summed E-state index contributed by atoms with van der Waals surface area (Å²) in [5.74, 6) is 0.313. The third kappa shape index (κ3) is 5.40. The number of thioether (sulfide) groups is 1. The number of carbonyl (C=O) groups excluding carboxylic acids is 1. The highest BCUT2D eigenvalue weighted by molar-refractivity contribution is 7.99. The zero-order valence-electron chi connectivity index (χ0n) is 18.7. The van der Waals surface area contributed by atoms with Gasteiger partial charge in [-0.25, -0.2) is 9.78 Å². The predicted octanol–water partition coefficient (Wildman–Crippen LogP) is 3.54. The normalized spacial score (nSPS) is 11.2. The number of aromatic amines is 2. The Balaban J connectivity index is 1.37. The molecule has 3 N–H and O–H groups in total. The number of H-pyrrole nitrogens is 2. The molecule has 2 aromatic carbocycles. The van der Waals surface area contributed by atoms with E-state index in [-0.39, 0.29) is 18.1 Å². The van der Waals surface area contributed by atoms with Crippen molar-refractivity contribution in [2.24, 2.45) is 0 Å². The number of benzene rings is 2. The fraction of sp³-hybridized carbons (Fsp3) is 0.130. The van der Waals surface area contributed by atoms with Gasteiger partial charge in [0, 0.05) is 28.9 Å². The summed E-state index contributed by atoms with van der Waals surface area (Å²) in [6.07, 6.45) is 0.146. The van der Waals surface area contributed by atoms with Crippen LogP contribution in [0.3, 0.4) is 0 Å². The largest absolute Gasteiger partial charge is 0.325 e. The van der Waals surface area contributed by atoms with Crippen molar-refractivity contribution in [2.45, 2.75) is 18.5 Å². The summed E-state index contributed by atoms with van der Waals surface area (Å²) in [5, 5.41) is 12.9. The Labute approximate surface area is 216 Å². The minimum atomic E-state index is -0.605. The maximum Gasteiger partial charge on any atom is 0.325 e. The highest BCUT2D eigenvalue weighted by Crippen LogP contribution is 2.28. The van der Waals surface area contributed by atoms with Gasteiger partial charge < -0.3 is 10.3 Å². The third-order valence-electron chi connectivity index (χ3n) is 5.07. The molecule has 0 atom stereocenters. The van der Waals surface area contributed by atoms with E-state index < -0.39 is 11.2 Å². The molecule has 0 bridgehead atoms. The first-order valence-electron chi connectivity index (χ1n) is 10.7. The molecule has 0 fully saturated rings. The van der Waals surface area contributed by atoms with Crippen molar-refractivity contribution in [1.29, 1.82) is 0 Å². The molecule has 0 aliphatic carbocycles. The van der Waals surface area contributed by atoms with E-state index in [1.54, 1.807) is 28.8 Å². The maximum absolute atomic E-state index is 12.7. The lowest BCUT2D eigenvalue weighted by molar-refractivity contribution is -0.113. The quantitative estimate of drug-likeness (QED) is 0.269. The second-order valence-electron chi connectivity index (χ2n) is 7.83. The second-order valence-corrected chi connectivity index (χ2v) is 10.2. The summed E-state index contributed by atoms with van der Waals surface area (Å²) in [6.45, 7) is 2.01. The first-order valence-corrected chi connectivity index (χ1v) is 12.8. The van der Waals surface area contributed by atoms with Gasteiger partial charge in [0.2, 0.25) is 5.91 Å². The Morgan fingerprint density at radius 2 is 1.92 bits per heavy atom. The van der Waals surface area contributed by atoms with Crippen molar-refractivity contribution in [2.75, 3.05) is 11.1 Å². The van der Waals surface area contributed by atoms with E-state index in [1.807, 2.05) is 25.1 Å². The van der Waals surface area contributed by atoms with Gasteiger partial charge in [-0.05, 0) is 48.9 Å². The molecule has 1 amide bonds. The number of thiazole rings is 1. The standard InChI is InChI=1S/C23H18ClN7O3S2/c1-12-2-7-16-17(8-12)36-22(26-16)28-20(33)11-35-23-30-29-18(9-14-10-19(32)27-21(34)25-14)31(23)15-5-3-13(24)4-6-15/h2-8,10H,9,11H2,1H3,(H,26,28,33)(H2,25,27,32,34). The van der Waals surface area contributed by atoms with Gasteiger partial charge in [-0.3, -0.25) is 19.1 Å². The smallest absolute Gasteiger partial charge is 0.311 e. The van der Waals surface area contributed by atoms with E-state index in [9.17, 15) is 14.4 Å². The molecule has 10 nitrogen and oxygen atoms in total. The summed E-state index contributed by atoms with van der Waals surface area (Å²) in [5.41, 5.74) is 1.94. The highest BCUT2D eigenvalue weighted by Gasteiger charge is 2.18. The number of halogens is 1. The molecule has 182 valence electrons. The van der Waals surface area contributed by atoms with Crippen molar-refractivity contribution < 1.29 is 4.79 Å². The minimum absolute atomic E-state index is 0.0719. The molecule has 36 heavy (non-hydrogen) atoms. The molecule has 0 aliphatic rings. The van der Waals surface area contributed by atoms with Gasteiger partial charge in [0.1, 0.15) is 5.82 Å². The Hall–Kier alpha value is -3.74. The van der Waals surface area contributed by atoms with Crippen LogP contribution in [0.25, 0.3) is 15.9 Å². The molecule has 13 heteroatoms. The molecule has 5 rings (SSSR count).